The van der Waals surface area contributed by atoms with E-state index in [-0.39, 0.29) is 17.4 Å². The van der Waals surface area contributed by atoms with Gasteiger partial charge in [-0.3, -0.25) is 0 Å². The van der Waals surface area contributed by atoms with Gasteiger partial charge in [-0.25, -0.2) is 8.42 Å². The van der Waals surface area contributed by atoms with Gasteiger partial charge in [0.15, 0.2) is 9.84 Å². The molecular formula is C10H17NO2S. The molecule has 0 spiro atoms. The minimum atomic E-state index is -3.00. The largest absolute Gasteiger partial charge is 0.229 e. The molecule has 0 aromatic carbocycles. The standard InChI is InChI=1S/C10H17NO2S/c1-9-4-2-5-10(8-9)14(12,13)7-3-6-11/h9-10H,2-5,7-8H2,1H3. The van der Waals surface area contributed by atoms with Gasteiger partial charge in [0.25, 0.3) is 0 Å². The summed E-state index contributed by atoms with van der Waals surface area (Å²) in [7, 11) is -3.00. The number of rotatable bonds is 3. The molecule has 4 heteroatoms. The van der Waals surface area contributed by atoms with E-state index in [1.54, 1.807) is 0 Å². The lowest BCUT2D eigenvalue weighted by Gasteiger charge is -2.26. The van der Waals surface area contributed by atoms with Gasteiger partial charge in [0.05, 0.1) is 17.1 Å². The van der Waals surface area contributed by atoms with Crippen molar-refractivity contribution in [2.75, 3.05) is 5.75 Å². The molecule has 0 amide bonds. The van der Waals surface area contributed by atoms with E-state index in [4.69, 9.17) is 5.26 Å². The van der Waals surface area contributed by atoms with Crippen LogP contribution in [0, 0.1) is 17.2 Å². The highest BCUT2D eigenvalue weighted by atomic mass is 32.2. The van der Waals surface area contributed by atoms with Crippen LogP contribution in [-0.2, 0) is 9.84 Å². The van der Waals surface area contributed by atoms with Crippen molar-refractivity contribution in [3.05, 3.63) is 0 Å². The maximum Gasteiger partial charge on any atom is 0.154 e. The minimum Gasteiger partial charge on any atom is -0.229 e. The molecule has 0 radical (unpaired) electrons. The molecule has 1 fully saturated rings. The first-order chi connectivity index (χ1) is 6.56. The maximum atomic E-state index is 11.7. The Bertz CT molecular complexity index is 316. The second kappa shape index (κ2) is 4.79. The van der Waals surface area contributed by atoms with Crippen LogP contribution in [-0.4, -0.2) is 19.4 Å². The SMILES string of the molecule is CC1CCCC(S(=O)(=O)CCC#N)C1. The molecule has 0 N–H and O–H groups in total. The van der Waals surface area contributed by atoms with Gasteiger partial charge in [-0.05, 0) is 18.8 Å². The van der Waals surface area contributed by atoms with Crippen molar-refractivity contribution in [2.24, 2.45) is 5.92 Å². The van der Waals surface area contributed by atoms with Gasteiger partial charge < -0.3 is 0 Å². The van der Waals surface area contributed by atoms with Crippen molar-refractivity contribution < 1.29 is 8.42 Å². The second-order valence-electron chi connectivity index (χ2n) is 4.17. The third kappa shape index (κ3) is 2.98. The lowest BCUT2D eigenvalue weighted by Crippen LogP contribution is -2.29. The highest BCUT2D eigenvalue weighted by Gasteiger charge is 2.29. The number of hydrogen-bond acceptors (Lipinski definition) is 3. The van der Waals surface area contributed by atoms with E-state index >= 15 is 0 Å². The summed E-state index contributed by atoms with van der Waals surface area (Å²) in [4.78, 5) is 0. The fourth-order valence-corrected chi connectivity index (χ4v) is 3.92. The first-order valence-corrected chi connectivity index (χ1v) is 6.86. The fraction of sp³-hybridized carbons (Fsp3) is 0.900. The lowest BCUT2D eigenvalue weighted by atomic mass is 9.91. The molecule has 0 saturated heterocycles. The van der Waals surface area contributed by atoms with Gasteiger partial charge in [0.1, 0.15) is 0 Å². The summed E-state index contributed by atoms with van der Waals surface area (Å²) in [6, 6.07) is 1.89. The second-order valence-corrected chi connectivity index (χ2v) is 6.57. The van der Waals surface area contributed by atoms with Crippen molar-refractivity contribution in [2.45, 2.75) is 44.3 Å². The zero-order valence-corrected chi connectivity index (χ0v) is 9.39. The van der Waals surface area contributed by atoms with Crippen LogP contribution in [0.2, 0.25) is 0 Å². The van der Waals surface area contributed by atoms with Crippen LogP contribution in [0.15, 0.2) is 0 Å². The molecule has 0 aromatic rings. The molecule has 2 atom stereocenters. The average molecular weight is 215 g/mol. The van der Waals surface area contributed by atoms with Crippen molar-refractivity contribution >= 4 is 9.84 Å². The molecule has 0 heterocycles. The van der Waals surface area contributed by atoms with Crippen molar-refractivity contribution in [1.29, 1.82) is 5.26 Å². The summed E-state index contributed by atoms with van der Waals surface area (Å²) in [5, 5.41) is 8.18. The van der Waals surface area contributed by atoms with Gasteiger partial charge in [0, 0.05) is 6.42 Å². The Morgan fingerprint density at radius 1 is 1.43 bits per heavy atom. The highest BCUT2D eigenvalue weighted by Crippen LogP contribution is 2.28. The molecule has 3 nitrogen and oxygen atoms in total. The smallest absolute Gasteiger partial charge is 0.154 e. The molecule has 0 aliphatic heterocycles. The number of sulfone groups is 1. The summed E-state index contributed by atoms with van der Waals surface area (Å²) in [6.07, 6.45) is 3.86. The number of hydrogen-bond donors (Lipinski definition) is 0. The molecule has 1 saturated carbocycles. The average Bonchev–Trinajstić information content (AvgIpc) is 2.15. The van der Waals surface area contributed by atoms with Crippen LogP contribution < -0.4 is 0 Å². The van der Waals surface area contributed by atoms with Crippen molar-refractivity contribution in [1.82, 2.24) is 0 Å². The van der Waals surface area contributed by atoms with Gasteiger partial charge in [-0.15, -0.1) is 0 Å². The molecule has 2 unspecified atom stereocenters. The predicted octanol–water partition coefficient (Wildman–Crippen LogP) is 1.89. The van der Waals surface area contributed by atoms with E-state index in [9.17, 15) is 8.42 Å². The van der Waals surface area contributed by atoms with Gasteiger partial charge in [-0.2, -0.15) is 5.26 Å². The summed E-state index contributed by atoms with van der Waals surface area (Å²) in [6.45, 7) is 2.10. The predicted molar refractivity (Wildman–Crippen MR) is 55.4 cm³/mol. The van der Waals surface area contributed by atoms with Crippen molar-refractivity contribution in [3.63, 3.8) is 0 Å². The van der Waals surface area contributed by atoms with E-state index in [0.29, 0.717) is 5.92 Å². The lowest BCUT2D eigenvalue weighted by molar-refractivity contribution is 0.382. The first-order valence-electron chi connectivity index (χ1n) is 5.15. The van der Waals surface area contributed by atoms with E-state index in [1.807, 2.05) is 6.07 Å². The molecule has 1 rings (SSSR count). The third-order valence-electron chi connectivity index (χ3n) is 2.89. The third-order valence-corrected chi connectivity index (χ3v) is 5.11. The molecule has 1 aliphatic rings. The van der Waals surface area contributed by atoms with E-state index in [1.165, 1.54) is 0 Å². The monoisotopic (exact) mass is 215 g/mol. The van der Waals surface area contributed by atoms with Crippen LogP contribution in [0.1, 0.15) is 39.0 Å². The Kier molecular flexibility index (Phi) is 3.94. The minimum absolute atomic E-state index is 0.0425. The normalized spacial score (nSPS) is 28.3. The van der Waals surface area contributed by atoms with Gasteiger partial charge in [0.2, 0.25) is 0 Å². The summed E-state index contributed by atoms with van der Waals surface area (Å²) in [5.41, 5.74) is 0. The maximum absolute atomic E-state index is 11.7. The quantitative estimate of drug-likeness (QED) is 0.722. The van der Waals surface area contributed by atoms with Crippen molar-refractivity contribution in [3.8, 4) is 6.07 Å². The molecule has 0 aromatic heterocycles. The topological polar surface area (TPSA) is 57.9 Å². The number of nitrogens with zero attached hydrogens (tertiary/aromatic N) is 1. The summed E-state index contributed by atoms with van der Waals surface area (Å²) in [5.74, 6) is 0.562. The molecule has 1 aliphatic carbocycles. The Hall–Kier alpha value is -0.560. The van der Waals surface area contributed by atoms with Crippen LogP contribution in [0.25, 0.3) is 0 Å². The Labute approximate surface area is 86.0 Å². The number of nitriles is 1. The van der Waals surface area contributed by atoms with Crippen LogP contribution in [0.4, 0.5) is 0 Å². The Balaban J connectivity index is 2.58. The molecule has 0 bridgehead atoms. The molecule has 80 valence electrons. The Morgan fingerprint density at radius 2 is 2.14 bits per heavy atom. The van der Waals surface area contributed by atoms with E-state index in [2.05, 4.69) is 6.92 Å². The van der Waals surface area contributed by atoms with E-state index < -0.39 is 9.84 Å². The van der Waals surface area contributed by atoms with Crippen LogP contribution >= 0.6 is 0 Å². The van der Waals surface area contributed by atoms with Gasteiger partial charge >= 0.3 is 0 Å². The van der Waals surface area contributed by atoms with Crippen LogP contribution in [0.5, 0.6) is 0 Å². The Morgan fingerprint density at radius 3 is 2.71 bits per heavy atom. The molecular weight excluding hydrogens is 198 g/mol. The van der Waals surface area contributed by atoms with Crippen LogP contribution in [0.3, 0.4) is 0 Å². The first kappa shape index (κ1) is 11.5. The zero-order valence-electron chi connectivity index (χ0n) is 8.57. The van der Waals surface area contributed by atoms with E-state index in [0.717, 1.165) is 25.7 Å². The fourth-order valence-electron chi connectivity index (χ4n) is 2.06. The molecule has 14 heavy (non-hydrogen) atoms. The zero-order chi connectivity index (χ0) is 10.6. The van der Waals surface area contributed by atoms with Gasteiger partial charge in [-0.1, -0.05) is 19.8 Å². The highest BCUT2D eigenvalue weighted by molar-refractivity contribution is 7.92. The summed E-state index contributed by atoms with van der Waals surface area (Å²) >= 11 is 0. The summed E-state index contributed by atoms with van der Waals surface area (Å²) < 4.78 is 23.5.